The zero-order valence-electron chi connectivity index (χ0n) is 15.1. The molecule has 8 heteroatoms. The van der Waals surface area contributed by atoms with Crippen LogP contribution in [0.3, 0.4) is 0 Å². The number of carbonyl (C=O) groups excluding carboxylic acids is 2. The largest absolute Gasteiger partial charge is 0.462 e. The Bertz CT molecular complexity index is 965. The Morgan fingerprint density at radius 1 is 1.19 bits per heavy atom. The van der Waals surface area contributed by atoms with Crippen LogP contribution >= 0.6 is 0 Å². The van der Waals surface area contributed by atoms with Crippen LogP contribution in [0.25, 0.3) is 17.0 Å². The molecule has 3 aromatic rings. The Balaban J connectivity index is 2.02. The van der Waals surface area contributed by atoms with E-state index in [1.165, 1.54) is 15.3 Å². The molecule has 136 valence electrons. The first-order valence-electron chi connectivity index (χ1n) is 8.23. The molecular weight excluding hydrogens is 336 g/mol. The van der Waals surface area contributed by atoms with Gasteiger partial charge in [-0.15, -0.1) is 0 Å². The molecule has 0 aromatic carbocycles. The first-order valence-corrected chi connectivity index (χ1v) is 8.23. The smallest absolute Gasteiger partial charge is 0.419 e. The first kappa shape index (κ1) is 17.7. The minimum atomic E-state index is -0.613. The quantitative estimate of drug-likeness (QED) is 0.670. The number of rotatable bonds is 3. The van der Waals surface area contributed by atoms with E-state index in [4.69, 9.17) is 9.47 Å². The summed E-state index contributed by atoms with van der Waals surface area (Å²) in [7, 11) is 0. The van der Waals surface area contributed by atoms with Crippen molar-refractivity contribution in [2.45, 2.75) is 33.3 Å². The van der Waals surface area contributed by atoms with Gasteiger partial charge in [-0.25, -0.2) is 19.1 Å². The van der Waals surface area contributed by atoms with Crippen molar-refractivity contribution in [2.75, 3.05) is 6.61 Å². The van der Waals surface area contributed by atoms with Gasteiger partial charge in [-0.05, 0) is 45.9 Å². The summed E-state index contributed by atoms with van der Waals surface area (Å²) in [5.74, 6) is -0.491. The molecule has 0 bridgehead atoms. The third-order valence-corrected chi connectivity index (χ3v) is 3.47. The van der Waals surface area contributed by atoms with Crippen molar-refractivity contribution in [3.8, 4) is 11.4 Å². The SMILES string of the molecule is CCOC(=O)c1cnn2ccc(-c3cccn3C(=O)OC(C)(C)C)nc12. The molecule has 3 heterocycles. The summed E-state index contributed by atoms with van der Waals surface area (Å²) in [5, 5.41) is 4.11. The van der Waals surface area contributed by atoms with E-state index in [0.717, 1.165) is 0 Å². The summed E-state index contributed by atoms with van der Waals surface area (Å²) in [6.07, 6.45) is 4.19. The molecule has 0 radical (unpaired) electrons. The summed E-state index contributed by atoms with van der Waals surface area (Å²) >= 11 is 0. The molecule has 0 spiro atoms. The highest BCUT2D eigenvalue weighted by Gasteiger charge is 2.21. The van der Waals surface area contributed by atoms with E-state index in [-0.39, 0.29) is 12.2 Å². The molecule has 0 amide bonds. The molecule has 0 unspecified atom stereocenters. The molecule has 0 aliphatic carbocycles. The minimum absolute atomic E-state index is 0.261. The van der Waals surface area contributed by atoms with Gasteiger partial charge in [0.1, 0.15) is 11.2 Å². The molecule has 8 nitrogen and oxygen atoms in total. The molecule has 0 aliphatic heterocycles. The Kier molecular flexibility index (Phi) is 4.50. The molecule has 0 saturated heterocycles. The summed E-state index contributed by atoms with van der Waals surface area (Å²) in [6, 6.07) is 5.20. The van der Waals surface area contributed by atoms with E-state index in [2.05, 4.69) is 10.1 Å². The number of hydrogen-bond donors (Lipinski definition) is 0. The van der Waals surface area contributed by atoms with Gasteiger partial charge in [0, 0.05) is 12.4 Å². The number of nitrogens with zero attached hydrogens (tertiary/aromatic N) is 4. The molecule has 0 saturated carbocycles. The molecular formula is C18H20N4O4. The highest BCUT2D eigenvalue weighted by atomic mass is 16.6. The van der Waals surface area contributed by atoms with Gasteiger partial charge in [-0.1, -0.05) is 0 Å². The fraction of sp³-hybridized carbons (Fsp3) is 0.333. The summed E-state index contributed by atoms with van der Waals surface area (Å²) in [4.78, 5) is 29.0. The number of hydrogen-bond acceptors (Lipinski definition) is 6. The predicted molar refractivity (Wildman–Crippen MR) is 94.0 cm³/mol. The third kappa shape index (κ3) is 3.44. The third-order valence-electron chi connectivity index (χ3n) is 3.47. The van der Waals surface area contributed by atoms with E-state index in [1.807, 2.05) is 0 Å². The van der Waals surface area contributed by atoms with Crippen LogP contribution in [-0.4, -0.2) is 43.4 Å². The number of aromatic nitrogens is 4. The zero-order valence-corrected chi connectivity index (χ0v) is 15.1. The van der Waals surface area contributed by atoms with Gasteiger partial charge in [0.15, 0.2) is 5.65 Å². The molecule has 0 aliphatic rings. The van der Waals surface area contributed by atoms with Gasteiger partial charge >= 0.3 is 12.1 Å². The zero-order chi connectivity index (χ0) is 18.9. The summed E-state index contributed by atoms with van der Waals surface area (Å²) < 4.78 is 13.3. The van der Waals surface area contributed by atoms with Crippen molar-refractivity contribution in [1.82, 2.24) is 19.2 Å². The predicted octanol–water partition coefficient (Wildman–Crippen LogP) is 3.16. The van der Waals surface area contributed by atoms with Gasteiger partial charge in [0.05, 0.1) is 24.2 Å². The van der Waals surface area contributed by atoms with Crippen LogP contribution in [0, 0.1) is 0 Å². The van der Waals surface area contributed by atoms with Crippen LogP contribution in [0.5, 0.6) is 0 Å². The van der Waals surface area contributed by atoms with Crippen LogP contribution in [0.15, 0.2) is 36.8 Å². The van der Waals surface area contributed by atoms with Crippen molar-refractivity contribution < 1.29 is 19.1 Å². The van der Waals surface area contributed by atoms with E-state index in [1.54, 1.807) is 58.3 Å². The lowest BCUT2D eigenvalue weighted by molar-refractivity contribution is 0.0521. The standard InChI is InChI=1S/C18H20N4O4/c1-5-25-16(23)12-11-19-22-10-8-13(20-15(12)22)14-7-6-9-21(14)17(24)26-18(2,3)4/h6-11H,5H2,1-4H3. The van der Waals surface area contributed by atoms with E-state index >= 15 is 0 Å². The number of esters is 1. The van der Waals surface area contributed by atoms with E-state index in [9.17, 15) is 9.59 Å². The van der Waals surface area contributed by atoms with E-state index in [0.29, 0.717) is 17.0 Å². The molecule has 26 heavy (non-hydrogen) atoms. The minimum Gasteiger partial charge on any atom is -0.462 e. The molecule has 0 fully saturated rings. The lowest BCUT2D eigenvalue weighted by Gasteiger charge is -2.20. The maximum absolute atomic E-state index is 12.4. The second-order valence-electron chi connectivity index (χ2n) is 6.60. The molecule has 3 aromatic heterocycles. The van der Waals surface area contributed by atoms with Crippen LogP contribution in [0.2, 0.25) is 0 Å². The van der Waals surface area contributed by atoms with Gasteiger partial charge in [-0.2, -0.15) is 5.10 Å². The van der Waals surface area contributed by atoms with Crippen molar-refractivity contribution in [3.05, 3.63) is 42.4 Å². The topological polar surface area (TPSA) is 87.7 Å². The highest BCUT2D eigenvalue weighted by molar-refractivity contribution is 5.95. The maximum Gasteiger partial charge on any atom is 0.419 e. The lowest BCUT2D eigenvalue weighted by Crippen LogP contribution is -2.27. The van der Waals surface area contributed by atoms with Crippen LogP contribution in [-0.2, 0) is 9.47 Å². The maximum atomic E-state index is 12.4. The molecule has 3 rings (SSSR count). The van der Waals surface area contributed by atoms with Crippen molar-refractivity contribution in [1.29, 1.82) is 0 Å². The molecule has 0 N–H and O–H groups in total. The lowest BCUT2D eigenvalue weighted by atomic mass is 10.2. The fourth-order valence-electron chi connectivity index (χ4n) is 2.42. The monoisotopic (exact) mass is 356 g/mol. The summed E-state index contributed by atoms with van der Waals surface area (Å²) in [6.45, 7) is 7.40. The Morgan fingerprint density at radius 3 is 2.65 bits per heavy atom. The first-order chi connectivity index (χ1) is 12.3. The molecule has 0 atom stereocenters. The Morgan fingerprint density at radius 2 is 1.96 bits per heavy atom. The van der Waals surface area contributed by atoms with Crippen molar-refractivity contribution >= 4 is 17.7 Å². The van der Waals surface area contributed by atoms with Gasteiger partial charge in [0.2, 0.25) is 0 Å². The Labute approximate surface area is 150 Å². The Hall–Kier alpha value is -3.16. The van der Waals surface area contributed by atoms with Gasteiger partial charge in [-0.3, -0.25) is 4.57 Å². The number of carbonyl (C=O) groups is 2. The summed E-state index contributed by atoms with van der Waals surface area (Å²) in [5.41, 5.74) is 1.08. The van der Waals surface area contributed by atoms with Crippen LogP contribution in [0.1, 0.15) is 38.1 Å². The second kappa shape index (κ2) is 6.62. The van der Waals surface area contributed by atoms with Crippen LogP contribution in [0.4, 0.5) is 4.79 Å². The van der Waals surface area contributed by atoms with Crippen LogP contribution < -0.4 is 0 Å². The normalized spacial score (nSPS) is 11.5. The van der Waals surface area contributed by atoms with Crippen molar-refractivity contribution in [3.63, 3.8) is 0 Å². The average molecular weight is 356 g/mol. The van der Waals surface area contributed by atoms with E-state index < -0.39 is 17.7 Å². The average Bonchev–Trinajstić information content (AvgIpc) is 3.19. The fourth-order valence-corrected chi connectivity index (χ4v) is 2.42. The number of fused-ring (bicyclic) bond motifs is 1. The highest BCUT2D eigenvalue weighted by Crippen LogP contribution is 2.21. The second-order valence-corrected chi connectivity index (χ2v) is 6.60. The van der Waals surface area contributed by atoms with Gasteiger partial charge < -0.3 is 9.47 Å². The van der Waals surface area contributed by atoms with Gasteiger partial charge in [0.25, 0.3) is 0 Å². The van der Waals surface area contributed by atoms with Crippen molar-refractivity contribution in [2.24, 2.45) is 0 Å². The number of ether oxygens (including phenoxy) is 2.